The number of carbonyl (C=O) groups is 3. The molecule has 9 heteroatoms. The van der Waals surface area contributed by atoms with Crippen LogP contribution in [0.15, 0.2) is 42.0 Å². The van der Waals surface area contributed by atoms with Crippen molar-refractivity contribution in [3.8, 4) is 23.0 Å². The number of methoxy groups -OCH3 is 3. The van der Waals surface area contributed by atoms with Gasteiger partial charge >= 0.3 is 6.03 Å². The lowest BCUT2D eigenvalue weighted by atomic mass is 10.1. The highest BCUT2D eigenvalue weighted by molar-refractivity contribution is 6.39. The van der Waals surface area contributed by atoms with Crippen LogP contribution in [-0.2, 0) is 9.59 Å². The van der Waals surface area contributed by atoms with Gasteiger partial charge in [0.05, 0.1) is 27.0 Å². The Morgan fingerprint density at radius 1 is 0.931 bits per heavy atom. The minimum absolute atomic E-state index is 0.1000. The van der Waals surface area contributed by atoms with Crippen LogP contribution in [-0.4, -0.2) is 44.3 Å². The van der Waals surface area contributed by atoms with Crippen molar-refractivity contribution in [1.82, 2.24) is 5.32 Å². The Hall–Kier alpha value is -4.01. The average Bonchev–Trinajstić information content (AvgIpc) is 2.72. The quantitative estimate of drug-likeness (QED) is 0.585. The lowest BCUT2D eigenvalue weighted by molar-refractivity contribution is -0.122. The van der Waals surface area contributed by atoms with E-state index < -0.39 is 17.8 Å². The fraction of sp³-hybridized carbons (Fsp3) is 0.150. The van der Waals surface area contributed by atoms with Gasteiger partial charge in [-0.3, -0.25) is 14.9 Å². The molecule has 4 amide bonds. The smallest absolute Gasteiger partial charge is 0.335 e. The number of hydrogen-bond acceptors (Lipinski definition) is 7. The monoisotopic (exact) mass is 398 g/mol. The number of nitrogens with one attached hydrogen (secondary N) is 1. The molecule has 0 aromatic heterocycles. The molecule has 0 atom stereocenters. The van der Waals surface area contributed by atoms with Crippen LogP contribution in [0.1, 0.15) is 5.56 Å². The SMILES string of the molecule is COc1ccc(N2C(=O)NC(=O)/C(=C/c3cc(OC)c(O)c(OC)c3)C2=O)cc1. The number of hydrogen-bond donors (Lipinski definition) is 2. The van der Waals surface area contributed by atoms with Gasteiger partial charge in [-0.1, -0.05) is 0 Å². The Balaban J connectivity index is 2.03. The third-order valence-corrected chi connectivity index (χ3v) is 4.25. The molecule has 1 heterocycles. The molecule has 0 unspecified atom stereocenters. The van der Waals surface area contributed by atoms with E-state index in [2.05, 4.69) is 5.32 Å². The lowest BCUT2D eigenvalue weighted by Gasteiger charge is -2.26. The van der Waals surface area contributed by atoms with E-state index in [1.54, 1.807) is 12.1 Å². The Bertz CT molecular complexity index is 987. The number of amides is 4. The summed E-state index contributed by atoms with van der Waals surface area (Å²) in [6.07, 6.45) is 1.28. The van der Waals surface area contributed by atoms with E-state index in [1.165, 1.54) is 51.7 Å². The zero-order chi connectivity index (χ0) is 21.1. The number of ether oxygens (including phenoxy) is 3. The minimum Gasteiger partial charge on any atom is -0.502 e. The number of carbonyl (C=O) groups excluding carboxylic acids is 3. The van der Waals surface area contributed by atoms with Crippen molar-refractivity contribution in [2.45, 2.75) is 0 Å². The molecule has 2 aromatic carbocycles. The van der Waals surface area contributed by atoms with E-state index in [1.807, 2.05) is 0 Å². The van der Waals surface area contributed by atoms with E-state index >= 15 is 0 Å². The molecule has 0 spiro atoms. The van der Waals surface area contributed by atoms with Crippen molar-refractivity contribution in [2.24, 2.45) is 0 Å². The van der Waals surface area contributed by atoms with Crippen molar-refractivity contribution in [1.29, 1.82) is 0 Å². The molecule has 0 bridgehead atoms. The normalized spacial score (nSPS) is 15.3. The van der Waals surface area contributed by atoms with E-state index in [9.17, 15) is 19.5 Å². The van der Waals surface area contributed by atoms with Crippen LogP contribution in [0, 0.1) is 0 Å². The summed E-state index contributed by atoms with van der Waals surface area (Å²) in [4.78, 5) is 38.3. The van der Waals surface area contributed by atoms with Gasteiger partial charge in [-0.15, -0.1) is 0 Å². The number of anilines is 1. The molecule has 9 nitrogen and oxygen atoms in total. The summed E-state index contributed by atoms with van der Waals surface area (Å²) >= 11 is 0. The summed E-state index contributed by atoms with van der Waals surface area (Å²) in [5.74, 6) is -1.10. The summed E-state index contributed by atoms with van der Waals surface area (Å²) in [5, 5.41) is 12.2. The molecule has 29 heavy (non-hydrogen) atoms. The standard InChI is InChI=1S/C20H18N2O7/c1-27-13-6-4-12(5-7-13)22-19(25)14(18(24)21-20(22)26)8-11-9-15(28-2)17(23)16(10-11)29-3/h4-10,23H,1-3H3,(H,21,24,26)/b14-8-. The molecule has 3 rings (SSSR count). The molecule has 1 aliphatic rings. The van der Waals surface area contributed by atoms with Crippen LogP contribution in [0.25, 0.3) is 6.08 Å². The molecule has 150 valence electrons. The van der Waals surface area contributed by atoms with Gasteiger partial charge in [0.15, 0.2) is 11.5 Å². The zero-order valence-corrected chi connectivity index (χ0v) is 15.9. The molecule has 0 aliphatic carbocycles. The van der Waals surface area contributed by atoms with Gasteiger partial charge in [0.2, 0.25) is 5.75 Å². The average molecular weight is 398 g/mol. The Morgan fingerprint density at radius 3 is 2.03 bits per heavy atom. The molecular weight excluding hydrogens is 380 g/mol. The number of aromatic hydroxyl groups is 1. The number of benzene rings is 2. The predicted octanol–water partition coefficient (Wildman–Crippen LogP) is 2.08. The van der Waals surface area contributed by atoms with E-state index in [0.717, 1.165) is 4.90 Å². The highest BCUT2D eigenvalue weighted by Gasteiger charge is 2.36. The maximum absolute atomic E-state index is 12.9. The molecule has 0 radical (unpaired) electrons. The molecule has 1 aliphatic heterocycles. The van der Waals surface area contributed by atoms with Gasteiger partial charge in [-0.25, -0.2) is 9.69 Å². The number of nitrogens with zero attached hydrogens (tertiary/aromatic N) is 1. The largest absolute Gasteiger partial charge is 0.502 e. The van der Waals surface area contributed by atoms with Crippen molar-refractivity contribution in [3.05, 3.63) is 47.5 Å². The second-order valence-electron chi connectivity index (χ2n) is 5.93. The first kappa shape index (κ1) is 19.7. The van der Waals surface area contributed by atoms with Crippen LogP contribution < -0.4 is 24.4 Å². The summed E-state index contributed by atoms with van der Waals surface area (Å²) in [6.45, 7) is 0. The Labute approximate surface area is 166 Å². The van der Waals surface area contributed by atoms with Gasteiger partial charge in [0.1, 0.15) is 11.3 Å². The summed E-state index contributed by atoms with van der Waals surface area (Å²) in [7, 11) is 4.20. The van der Waals surface area contributed by atoms with Gasteiger partial charge < -0.3 is 19.3 Å². The number of urea groups is 1. The first-order valence-corrected chi connectivity index (χ1v) is 8.40. The number of rotatable bonds is 5. The van der Waals surface area contributed by atoms with Crippen molar-refractivity contribution in [3.63, 3.8) is 0 Å². The number of phenolic OH excluding ortho intramolecular Hbond substituents is 1. The second kappa shape index (κ2) is 7.93. The van der Waals surface area contributed by atoms with E-state index in [4.69, 9.17) is 14.2 Å². The molecule has 1 saturated heterocycles. The molecule has 0 saturated carbocycles. The van der Waals surface area contributed by atoms with Crippen LogP contribution in [0.2, 0.25) is 0 Å². The van der Waals surface area contributed by atoms with Crippen LogP contribution in [0.5, 0.6) is 23.0 Å². The van der Waals surface area contributed by atoms with Gasteiger partial charge in [-0.05, 0) is 48.0 Å². The maximum atomic E-state index is 12.9. The Kier molecular flexibility index (Phi) is 5.40. The highest BCUT2D eigenvalue weighted by atomic mass is 16.5. The van der Waals surface area contributed by atoms with E-state index in [-0.39, 0.29) is 28.5 Å². The molecule has 2 aromatic rings. The lowest BCUT2D eigenvalue weighted by Crippen LogP contribution is -2.54. The third-order valence-electron chi connectivity index (χ3n) is 4.25. The summed E-state index contributed by atoms with van der Waals surface area (Å²) < 4.78 is 15.2. The summed E-state index contributed by atoms with van der Waals surface area (Å²) in [6, 6.07) is 8.23. The fourth-order valence-corrected chi connectivity index (χ4v) is 2.79. The van der Waals surface area contributed by atoms with Crippen LogP contribution in [0.4, 0.5) is 10.5 Å². The van der Waals surface area contributed by atoms with E-state index in [0.29, 0.717) is 11.3 Å². The van der Waals surface area contributed by atoms with Gasteiger partial charge in [-0.2, -0.15) is 0 Å². The first-order chi connectivity index (χ1) is 13.9. The van der Waals surface area contributed by atoms with Crippen LogP contribution >= 0.6 is 0 Å². The minimum atomic E-state index is -0.858. The molecule has 2 N–H and O–H groups in total. The number of barbiturate groups is 1. The fourth-order valence-electron chi connectivity index (χ4n) is 2.79. The van der Waals surface area contributed by atoms with Crippen molar-refractivity contribution in [2.75, 3.05) is 26.2 Å². The van der Waals surface area contributed by atoms with Crippen LogP contribution in [0.3, 0.4) is 0 Å². The van der Waals surface area contributed by atoms with Gasteiger partial charge in [0.25, 0.3) is 11.8 Å². The second-order valence-corrected chi connectivity index (χ2v) is 5.93. The maximum Gasteiger partial charge on any atom is 0.335 e. The molecule has 1 fully saturated rings. The highest BCUT2D eigenvalue weighted by Crippen LogP contribution is 2.38. The number of phenols is 1. The zero-order valence-electron chi connectivity index (χ0n) is 15.9. The van der Waals surface area contributed by atoms with Crippen molar-refractivity contribution >= 4 is 29.6 Å². The third kappa shape index (κ3) is 3.70. The predicted molar refractivity (Wildman–Crippen MR) is 103 cm³/mol. The van der Waals surface area contributed by atoms with Crippen molar-refractivity contribution < 1.29 is 33.7 Å². The van der Waals surface area contributed by atoms with Gasteiger partial charge in [0, 0.05) is 0 Å². The number of imide groups is 2. The topological polar surface area (TPSA) is 114 Å². The Morgan fingerprint density at radius 2 is 1.52 bits per heavy atom. The first-order valence-electron chi connectivity index (χ1n) is 8.40. The molecular formula is C20H18N2O7. The summed E-state index contributed by atoms with van der Waals surface area (Å²) in [5.41, 5.74) is 0.363.